The maximum atomic E-state index is 6.00. The molecule has 0 fully saturated rings. The monoisotopic (exact) mass is 200 g/mol. The van der Waals surface area contributed by atoms with Crippen molar-refractivity contribution in [1.82, 2.24) is 0 Å². The van der Waals surface area contributed by atoms with Crippen LogP contribution in [0.4, 0.5) is 0 Å². The molecule has 0 aromatic heterocycles. The lowest BCUT2D eigenvalue weighted by Gasteiger charge is -2.02. The van der Waals surface area contributed by atoms with Gasteiger partial charge in [-0.05, 0) is 25.7 Å². The van der Waals surface area contributed by atoms with Gasteiger partial charge in [0.05, 0.1) is 0 Å². The third-order valence-electron chi connectivity index (χ3n) is 2.66. The van der Waals surface area contributed by atoms with Gasteiger partial charge in [0, 0.05) is 0 Å². The zero-order chi connectivity index (χ0) is 10.5. The molecule has 0 amide bonds. The molecule has 0 aromatic rings. The van der Waals surface area contributed by atoms with E-state index in [2.05, 4.69) is 12.2 Å². The van der Waals surface area contributed by atoms with Crippen molar-refractivity contribution in [2.75, 3.05) is 0 Å². The van der Waals surface area contributed by atoms with Crippen molar-refractivity contribution in [1.29, 1.82) is 0 Å². The lowest BCUT2D eigenvalue weighted by molar-refractivity contribution is -0.176. The summed E-state index contributed by atoms with van der Waals surface area (Å²) in [5, 5.41) is 12.0. The molecule has 0 radical (unpaired) electrons. The Kier molecular flexibility index (Phi) is 12.4. The predicted molar refractivity (Wildman–Crippen MR) is 60.6 cm³/mol. The molecule has 0 aromatic carbocycles. The van der Waals surface area contributed by atoms with Gasteiger partial charge in [0.25, 0.3) is 0 Å². The number of rotatable bonds is 0. The first kappa shape index (κ1) is 13.7. The standard InChI is InChI=1S/C12H22.H2O2/c1-2-4-6-8-10-12-11-9-7-5-3-1;1-2/h1-2H,3-12H2;1-2H. The van der Waals surface area contributed by atoms with Crippen molar-refractivity contribution in [2.24, 2.45) is 0 Å². The highest BCUT2D eigenvalue weighted by molar-refractivity contribution is 4.81. The van der Waals surface area contributed by atoms with Crippen molar-refractivity contribution in [2.45, 2.75) is 64.2 Å². The van der Waals surface area contributed by atoms with Crippen molar-refractivity contribution in [3.8, 4) is 0 Å². The highest BCUT2D eigenvalue weighted by Crippen LogP contribution is 2.12. The van der Waals surface area contributed by atoms with Crippen molar-refractivity contribution >= 4 is 0 Å². The molecule has 1 aliphatic rings. The molecule has 0 unspecified atom stereocenters. The third-order valence-corrected chi connectivity index (χ3v) is 2.66. The molecule has 0 atom stereocenters. The van der Waals surface area contributed by atoms with Gasteiger partial charge in [-0.25, -0.2) is 0 Å². The van der Waals surface area contributed by atoms with Gasteiger partial charge in [0.2, 0.25) is 0 Å². The average molecular weight is 200 g/mol. The molecular formula is C12H24O2. The van der Waals surface area contributed by atoms with Crippen LogP contribution >= 0.6 is 0 Å². The van der Waals surface area contributed by atoms with Crippen LogP contribution in [0.2, 0.25) is 0 Å². The molecule has 2 heteroatoms. The van der Waals surface area contributed by atoms with Gasteiger partial charge in [-0.3, -0.25) is 10.5 Å². The minimum absolute atomic E-state index is 1.32. The Labute approximate surface area is 87.6 Å². The zero-order valence-electron chi connectivity index (χ0n) is 9.12. The molecular weight excluding hydrogens is 176 g/mol. The highest BCUT2D eigenvalue weighted by Gasteiger charge is 1.92. The normalized spacial score (nSPS) is 19.9. The number of hydrogen-bond donors (Lipinski definition) is 2. The summed E-state index contributed by atoms with van der Waals surface area (Å²) in [5.41, 5.74) is 0. The molecule has 14 heavy (non-hydrogen) atoms. The Morgan fingerprint density at radius 1 is 0.500 bits per heavy atom. The molecule has 0 aliphatic heterocycles. The molecule has 0 bridgehead atoms. The van der Waals surface area contributed by atoms with Crippen LogP contribution in [0, 0.1) is 0 Å². The molecule has 2 nitrogen and oxygen atoms in total. The topological polar surface area (TPSA) is 40.5 Å². The van der Waals surface area contributed by atoms with E-state index in [-0.39, 0.29) is 0 Å². The first-order chi connectivity index (χ1) is 7.00. The second-order valence-electron chi connectivity index (χ2n) is 3.88. The average Bonchev–Trinajstić information content (AvgIpc) is 2.22. The lowest BCUT2D eigenvalue weighted by Crippen LogP contribution is -1.82. The van der Waals surface area contributed by atoms with Crippen molar-refractivity contribution < 1.29 is 10.5 Å². The smallest absolute Gasteiger partial charge is 0.0351 e. The van der Waals surface area contributed by atoms with Crippen LogP contribution < -0.4 is 0 Å². The first-order valence-corrected chi connectivity index (χ1v) is 5.85. The second kappa shape index (κ2) is 12.7. The predicted octanol–water partition coefficient (Wildman–Crippen LogP) is 4.47. The van der Waals surface area contributed by atoms with Gasteiger partial charge < -0.3 is 0 Å². The Morgan fingerprint density at radius 3 is 1.14 bits per heavy atom. The van der Waals surface area contributed by atoms with Gasteiger partial charge in [0.1, 0.15) is 0 Å². The summed E-state index contributed by atoms with van der Waals surface area (Å²) in [6, 6.07) is 0. The van der Waals surface area contributed by atoms with Crippen LogP contribution in [0.25, 0.3) is 0 Å². The van der Waals surface area contributed by atoms with E-state index in [0.717, 1.165) is 0 Å². The fourth-order valence-corrected chi connectivity index (χ4v) is 1.82. The van der Waals surface area contributed by atoms with Crippen LogP contribution in [0.1, 0.15) is 64.2 Å². The molecule has 84 valence electrons. The van der Waals surface area contributed by atoms with Gasteiger partial charge in [-0.1, -0.05) is 50.7 Å². The summed E-state index contributed by atoms with van der Waals surface area (Å²) in [5.74, 6) is 0. The fraction of sp³-hybridized carbons (Fsp3) is 0.833. The molecule has 1 rings (SSSR count). The van der Waals surface area contributed by atoms with Crippen molar-refractivity contribution in [3.05, 3.63) is 12.2 Å². The minimum atomic E-state index is 1.32. The van der Waals surface area contributed by atoms with Crippen LogP contribution in [0.5, 0.6) is 0 Å². The van der Waals surface area contributed by atoms with Gasteiger partial charge in [0.15, 0.2) is 0 Å². The van der Waals surface area contributed by atoms with Gasteiger partial charge >= 0.3 is 0 Å². The maximum absolute atomic E-state index is 6.00. The molecule has 0 spiro atoms. The minimum Gasteiger partial charge on any atom is -0.255 e. The molecule has 0 saturated heterocycles. The Morgan fingerprint density at radius 2 is 0.786 bits per heavy atom. The number of allylic oxidation sites excluding steroid dienone is 2. The van der Waals surface area contributed by atoms with Crippen LogP contribution in [-0.2, 0) is 0 Å². The van der Waals surface area contributed by atoms with E-state index in [4.69, 9.17) is 10.5 Å². The Hall–Kier alpha value is -0.340. The van der Waals surface area contributed by atoms with Crippen LogP contribution in [-0.4, -0.2) is 10.5 Å². The molecule has 0 heterocycles. The highest BCUT2D eigenvalue weighted by atomic mass is 17.0. The SMILES string of the molecule is C1=CCCCCCCCCCC1.OO. The summed E-state index contributed by atoms with van der Waals surface area (Å²) in [4.78, 5) is 0. The van der Waals surface area contributed by atoms with Crippen molar-refractivity contribution in [3.63, 3.8) is 0 Å². The van der Waals surface area contributed by atoms with Gasteiger partial charge in [-0.15, -0.1) is 0 Å². The van der Waals surface area contributed by atoms with Gasteiger partial charge in [-0.2, -0.15) is 0 Å². The van der Waals surface area contributed by atoms with E-state index < -0.39 is 0 Å². The van der Waals surface area contributed by atoms with E-state index in [0.29, 0.717) is 0 Å². The summed E-state index contributed by atoms with van der Waals surface area (Å²) < 4.78 is 0. The van der Waals surface area contributed by atoms with E-state index >= 15 is 0 Å². The zero-order valence-corrected chi connectivity index (χ0v) is 9.12. The lowest BCUT2D eigenvalue weighted by atomic mass is 10.0. The molecule has 0 saturated carbocycles. The molecule has 1 aliphatic carbocycles. The second-order valence-corrected chi connectivity index (χ2v) is 3.88. The van der Waals surface area contributed by atoms with E-state index in [1.54, 1.807) is 0 Å². The maximum Gasteiger partial charge on any atom is -0.0351 e. The Bertz CT molecular complexity index is 107. The van der Waals surface area contributed by atoms with Crippen LogP contribution in [0.3, 0.4) is 0 Å². The summed E-state index contributed by atoms with van der Waals surface area (Å²) in [6.45, 7) is 0. The first-order valence-electron chi connectivity index (χ1n) is 5.85. The Balaban J connectivity index is 0.000000791. The number of hydrogen-bond acceptors (Lipinski definition) is 2. The van der Waals surface area contributed by atoms with E-state index in [1.807, 2.05) is 0 Å². The fourth-order valence-electron chi connectivity index (χ4n) is 1.82. The molecule has 2 N–H and O–H groups in total. The summed E-state index contributed by atoms with van der Waals surface area (Å²) >= 11 is 0. The largest absolute Gasteiger partial charge is 0.255 e. The quantitative estimate of drug-likeness (QED) is 0.344. The third kappa shape index (κ3) is 9.75. The summed E-state index contributed by atoms with van der Waals surface area (Å²) in [7, 11) is 0. The van der Waals surface area contributed by atoms with Crippen LogP contribution in [0.15, 0.2) is 12.2 Å². The van der Waals surface area contributed by atoms with E-state index in [9.17, 15) is 0 Å². The van der Waals surface area contributed by atoms with E-state index in [1.165, 1.54) is 64.2 Å². The summed E-state index contributed by atoms with van der Waals surface area (Å²) in [6.07, 6.45) is 19.0.